The monoisotopic (exact) mass is 327 g/mol. The third-order valence-electron chi connectivity index (χ3n) is 5.03. The second-order valence-electron chi connectivity index (χ2n) is 6.88. The van der Waals surface area contributed by atoms with E-state index in [2.05, 4.69) is 10.2 Å². The van der Waals surface area contributed by atoms with Crippen LogP contribution in [0.15, 0.2) is 0 Å². The van der Waals surface area contributed by atoms with E-state index in [1.54, 1.807) is 0 Å². The summed E-state index contributed by atoms with van der Waals surface area (Å²) in [5, 5.41) is 22.2. The molecule has 0 aliphatic carbocycles. The molecule has 0 radical (unpaired) electrons. The zero-order chi connectivity index (χ0) is 16.9. The second-order valence-corrected chi connectivity index (χ2v) is 6.88. The van der Waals surface area contributed by atoms with Gasteiger partial charge in [0.1, 0.15) is 6.10 Å². The van der Waals surface area contributed by atoms with Crippen molar-refractivity contribution in [2.24, 2.45) is 0 Å². The van der Waals surface area contributed by atoms with Gasteiger partial charge in [-0.25, -0.2) is 0 Å². The van der Waals surface area contributed by atoms with Crippen molar-refractivity contribution in [3.63, 3.8) is 0 Å². The van der Waals surface area contributed by atoms with Gasteiger partial charge in [0.25, 0.3) is 5.91 Å². The van der Waals surface area contributed by atoms with Crippen LogP contribution in [0.4, 0.5) is 0 Å². The van der Waals surface area contributed by atoms with Gasteiger partial charge in [0, 0.05) is 31.8 Å². The molecule has 2 fully saturated rings. The largest absolute Gasteiger partial charge is 0.396 e. The number of rotatable bonds is 5. The molecule has 2 amide bonds. The van der Waals surface area contributed by atoms with Gasteiger partial charge in [-0.15, -0.1) is 0 Å². The highest BCUT2D eigenvalue weighted by molar-refractivity contribution is 5.87. The van der Waals surface area contributed by atoms with Crippen LogP contribution in [0.2, 0.25) is 0 Å². The molecule has 7 heteroatoms. The molecule has 0 bridgehead atoms. The van der Waals surface area contributed by atoms with Gasteiger partial charge in [-0.3, -0.25) is 9.59 Å². The maximum Gasteiger partial charge on any atom is 0.251 e. The maximum atomic E-state index is 12.4. The summed E-state index contributed by atoms with van der Waals surface area (Å²) in [6, 6.07) is 0. The lowest BCUT2D eigenvalue weighted by Crippen LogP contribution is -2.57. The first kappa shape index (κ1) is 18.2. The highest BCUT2D eigenvalue weighted by Gasteiger charge is 2.35. The van der Waals surface area contributed by atoms with Crippen LogP contribution in [0.3, 0.4) is 0 Å². The summed E-state index contributed by atoms with van der Waals surface area (Å²) >= 11 is 0. The molecule has 1 unspecified atom stereocenters. The minimum absolute atomic E-state index is 0.0150. The van der Waals surface area contributed by atoms with Gasteiger partial charge >= 0.3 is 0 Å². The van der Waals surface area contributed by atoms with Gasteiger partial charge in [0.05, 0.1) is 6.54 Å². The normalized spacial score (nSPS) is 26.0. The molecule has 0 saturated carbocycles. The Balaban J connectivity index is 1.94. The molecule has 0 spiro atoms. The van der Waals surface area contributed by atoms with Crippen LogP contribution in [-0.2, 0) is 9.59 Å². The second kappa shape index (κ2) is 8.08. The Morgan fingerprint density at radius 3 is 2.65 bits per heavy atom. The van der Waals surface area contributed by atoms with Crippen LogP contribution in [-0.4, -0.2) is 83.3 Å². The van der Waals surface area contributed by atoms with E-state index in [9.17, 15) is 19.8 Å². The average Bonchev–Trinajstić information content (AvgIpc) is 2.66. The van der Waals surface area contributed by atoms with Crippen LogP contribution < -0.4 is 5.32 Å². The minimum atomic E-state index is -0.986. The standard InChI is InChI=1S/C16H29N3O4/c1-18-9-5-16(6-10-18,7-11-20)17-14(22)12-19-8-3-2-4-13(21)15(19)23/h13,20-21H,2-12H2,1H3,(H,17,22). The van der Waals surface area contributed by atoms with Crippen molar-refractivity contribution in [2.45, 2.75) is 50.2 Å². The lowest BCUT2D eigenvalue weighted by molar-refractivity contribution is -0.143. The maximum absolute atomic E-state index is 12.4. The van der Waals surface area contributed by atoms with Gasteiger partial charge in [0.2, 0.25) is 5.91 Å². The number of nitrogens with one attached hydrogen (secondary N) is 1. The predicted molar refractivity (Wildman–Crippen MR) is 85.7 cm³/mol. The fourth-order valence-corrected chi connectivity index (χ4v) is 3.45. The molecule has 1 atom stereocenters. The number of carbonyl (C=O) groups excluding carboxylic acids is 2. The van der Waals surface area contributed by atoms with Crippen LogP contribution in [0.25, 0.3) is 0 Å². The highest BCUT2D eigenvalue weighted by Crippen LogP contribution is 2.25. The molecule has 2 heterocycles. The van der Waals surface area contributed by atoms with Crippen molar-refractivity contribution >= 4 is 11.8 Å². The Morgan fingerprint density at radius 2 is 2.00 bits per heavy atom. The van der Waals surface area contributed by atoms with E-state index in [0.717, 1.165) is 38.8 Å². The molecule has 2 saturated heterocycles. The number of aliphatic hydroxyl groups is 2. The zero-order valence-corrected chi connectivity index (χ0v) is 14.0. The van der Waals surface area contributed by atoms with E-state index in [1.807, 2.05) is 7.05 Å². The summed E-state index contributed by atoms with van der Waals surface area (Å²) in [4.78, 5) is 28.2. The molecule has 132 valence electrons. The van der Waals surface area contributed by atoms with Crippen LogP contribution in [0.5, 0.6) is 0 Å². The number of nitrogens with zero attached hydrogens (tertiary/aromatic N) is 2. The summed E-state index contributed by atoms with van der Waals surface area (Å²) in [7, 11) is 2.04. The average molecular weight is 327 g/mol. The van der Waals surface area contributed by atoms with E-state index < -0.39 is 6.10 Å². The van der Waals surface area contributed by atoms with E-state index in [1.165, 1.54) is 4.90 Å². The van der Waals surface area contributed by atoms with Crippen molar-refractivity contribution in [3.8, 4) is 0 Å². The molecule has 2 rings (SSSR count). The number of hydrogen-bond acceptors (Lipinski definition) is 5. The molecule has 2 aliphatic rings. The molecular weight excluding hydrogens is 298 g/mol. The number of aliphatic hydroxyl groups excluding tert-OH is 2. The van der Waals surface area contributed by atoms with E-state index in [-0.39, 0.29) is 30.5 Å². The smallest absolute Gasteiger partial charge is 0.251 e. The zero-order valence-electron chi connectivity index (χ0n) is 14.0. The molecule has 2 aliphatic heterocycles. The number of hydrogen-bond donors (Lipinski definition) is 3. The predicted octanol–water partition coefficient (Wildman–Crippen LogP) is -0.677. The molecule has 3 N–H and O–H groups in total. The molecule has 0 aromatic carbocycles. The SMILES string of the molecule is CN1CCC(CCO)(NC(=O)CN2CCCCC(O)C2=O)CC1. The summed E-state index contributed by atoms with van der Waals surface area (Å²) in [6.07, 6.45) is 3.22. The van der Waals surface area contributed by atoms with Gasteiger partial charge in [-0.1, -0.05) is 0 Å². The third-order valence-corrected chi connectivity index (χ3v) is 5.03. The fraction of sp³-hybridized carbons (Fsp3) is 0.875. The third kappa shape index (κ3) is 4.89. The molecular formula is C16H29N3O4. The summed E-state index contributed by atoms with van der Waals surface area (Å²) in [5.41, 5.74) is -0.383. The Morgan fingerprint density at radius 1 is 1.30 bits per heavy atom. The lowest BCUT2D eigenvalue weighted by atomic mass is 9.84. The number of amides is 2. The summed E-state index contributed by atoms with van der Waals surface area (Å²) < 4.78 is 0. The summed E-state index contributed by atoms with van der Waals surface area (Å²) in [6.45, 7) is 2.28. The molecule has 23 heavy (non-hydrogen) atoms. The Kier molecular flexibility index (Phi) is 6.38. The highest BCUT2D eigenvalue weighted by atomic mass is 16.3. The minimum Gasteiger partial charge on any atom is -0.396 e. The van der Waals surface area contributed by atoms with Crippen LogP contribution in [0, 0.1) is 0 Å². The van der Waals surface area contributed by atoms with Gasteiger partial charge < -0.3 is 25.3 Å². The Labute approximate surface area is 137 Å². The fourth-order valence-electron chi connectivity index (χ4n) is 3.45. The Hall–Kier alpha value is -1.18. The van der Waals surface area contributed by atoms with Crippen LogP contribution >= 0.6 is 0 Å². The van der Waals surface area contributed by atoms with Crippen molar-refractivity contribution in [1.29, 1.82) is 0 Å². The van der Waals surface area contributed by atoms with Crippen molar-refractivity contribution < 1.29 is 19.8 Å². The number of piperidine rings is 1. The number of carbonyl (C=O) groups is 2. The first-order valence-electron chi connectivity index (χ1n) is 8.53. The molecule has 0 aromatic heterocycles. The van der Waals surface area contributed by atoms with Gasteiger partial charge in [-0.2, -0.15) is 0 Å². The van der Waals surface area contributed by atoms with Crippen molar-refractivity contribution in [3.05, 3.63) is 0 Å². The first-order chi connectivity index (χ1) is 11.0. The van der Waals surface area contributed by atoms with Crippen LogP contribution in [0.1, 0.15) is 38.5 Å². The van der Waals surface area contributed by atoms with E-state index in [4.69, 9.17) is 0 Å². The topological polar surface area (TPSA) is 93.1 Å². The van der Waals surface area contributed by atoms with E-state index >= 15 is 0 Å². The van der Waals surface area contributed by atoms with Crippen molar-refractivity contribution in [2.75, 3.05) is 39.8 Å². The first-order valence-corrected chi connectivity index (χ1v) is 8.53. The van der Waals surface area contributed by atoms with Gasteiger partial charge in [-0.05, 0) is 45.6 Å². The van der Waals surface area contributed by atoms with Crippen molar-refractivity contribution in [1.82, 2.24) is 15.1 Å². The number of likely N-dealkylation sites (tertiary alicyclic amines) is 2. The Bertz CT molecular complexity index is 422. The lowest BCUT2D eigenvalue weighted by Gasteiger charge is -2.41. The molecule has 0 aromatic rings. The van der Waals surface area contributed by atoms with Gasteiger partial charge in [0.15, 0.2) is 0 Å². The van der Waals surface area contributed by atoms with E-state index in [0.29, 0.717) is 19.4 Å². The summed E-state index contributed by atoms with van der Waals surface area (Å²) in [5.74, 6) is -0.553. The molecule has 7 nitrogen and oxygen atoms in total. The quantitative estimate of drug-likeness (QED) is 0.622.